The molecule has 0 amide bonds. The van der Waals surface area contributed by atoms with Gasteiger partial charge in [0.25, 0.3) is 0 Å². The SMILES string of the molecule is CCOc1ccc2c(c1)CC[C@@H](N)[C@@H]2O. The van der Waals surface area contributed by atoms with Gasteiger partial charge in [0.1, 0.15) is 5.75 Å². The molecule has 15 heavy (non-hydrogen) atoms. The molecule has 0 fully saturated rings. The van der Waals surface area contributed by atoms with Gasteiger partial charge >= 0.3 is 0 Å². The van der Waals surface area contributed by atoms with E-state index >= 15 is 0 Å². The molecule has 3 N–H and O–H groups in total. The summed E-state index contributed by atoms with van der Waals surface area (Å²) in [6.07, 6.45) is 1.24. The van der Waals surface area contributed by atoms with E-state index in [-0.39, 0.29) is 6.04 Å². The minimum Gasteiger partial charge on any atom is -0.494 e. The second-order valence-corrected chi connectivity index (χ2v) is 3.94. The molecule has 82 valence electrons. The Morgan fingerprint density at radius 2 is 2.33 bits per heavy atom. The smallest absolute Gasteiger partial charge is 0.119 e. The molecule has 0 aliphatic heterocycles. The van der Waals surface area contributed by atoms with Crippen LogP contribution in [-0.2, 0) is 6.42 Å². The number of aryl methyl sites for hydroxylation is 1. The van der Waals surface area contributed by atoms with Gasteiger partial charge in [-0.25, -0.2) is 0 Å². The highest BCUT2D eigenvalue weighted by Crippen LogP contribution is 2.31. The number of ether oxygens (including phenoxy) is 1. The van der Waals surface area contributed by atoms with Crippen LogP contribution in [0.3, 0.4) is 0 Å². The predicted octanol–water partition coefficient (Wildman–Crippen LogP) is 1.39. The van der Waals surface area contributed by atoms with Gasteiger partial charge in [-0.15, -0.1) is 0 Å². The third kappa shape index (κ3) is 1.98. The molecule has 1 aromatic carbocycles. The van der Waals surface area contributed by atoms with Gasteiger partial charge in [-0.3, -0.25) is 0 Å². The second kappa shape index (κ2) is 4.21. The van der Waals surface area contributed by atoms with Crippen molar-refractivity contribution in [3.8, 4) is 5.75 Å². The number of hydrogen-bond acceptors (Lipinski definition) is 3. The lowest BCUT2D eigenvalue weighted by Gasteiger charge is -2.27. The summed E-state index contributed by atoms with van der Waals surface area (Å²) in [7, 11) is 0. The first-order valence-electron chi connectivity index (χ1n) is 5.41. The maximum Gasteiger partial charge on any atom is 0.119 e. The molecule has 1 aromatic rings. The maximum absolute atomic E-state index is 9.88. The van der Waals surface area contributed by atoms with Crippen molar-refractivity contribution in [2.45, 2.75) is 31.9 Å². The van der Waals surface area contributed by atoms with Crippen LogP contribution in [0.5, 0.6) is 5.75 Å². The molecule has 1 aliphatic rings. The van der Waals surface area contributed by atoms with E-state index in [1.807, 2.05) is 25.1 Å². The quantitative estimate of drug-likeness (QED) is 0.770. The Kier molecular flexibility index (Phi) is 2.93. The Balaban J connectivity index is 2.30. The normalized spacial score (nSPS) is 24.7. The van der Waals surface area contributed by atoms with E-state index < -0.39 is 6.10 Å². The third-order valence-corrected chi connectivity index (χ3v) is 2.90. The fourth-order valence-electron chi connectivity index (χ4n) is 2.05. The van der Waals surface area contributed by atoms with Crippen molar-refractivity contribution in [2.75, 3.05) is 6.61 Å². The zero-order chi connectivity index (χ0) is 10.8. The number of benzene rings is 1. The first-order chi connectivity index (χ1) is 7.22. The molecule has 0 aromatic heterocycles. The molecule has 2 atom stereocenters. The van der Waals surface area contributed by atoms with E-state index in [9.17, 15) is 5.11 Å². The summed E-state index contributed by atoms with van der Waals surface area (Å²) in [5.74, 6) is 0.874. The van der Waals surface area contributed by atoms with Crippen molar-refractivity contribution in [1.29, 1.82) is 0 Å². The molecular formula is C12H17NO2. The largest absolute Gasteiger partial charge is 0.494 e. The summed E-state index contributed by atoms with van der Waals surface area (Å²) in [6.45, 7) is 2.63. The van der Waals surface area contributed by atoms with E-state index in [0.29, 0.717) is 6.61 Å². The van der Waals surface area contributed by atoms with Crippen LogP contribution in [0, 0.1) is 0 Å². The van der Waals surface area contributed by atoms with E-state index in [1.54, 1.807) is 0 Å². The van der Waals surface area contributed by atoms with Crippen molar-refractivity contribution in [1.82, 2.24) is 0 Å². The van der Waals surface area contributed by atoms with Gasteiger partial charge in [0.2, 0.25) is 0 Å². The highest BCUT2D eigenvalue weighted by atomic mass is 16.5. The van der Waals surface area contributed by atoms with Gasteiger partial charge in [0.15, 0.2) is 0 Å². The van der Waals surface area contributed by atoms with Gasteiger partial charge in [-0.05, 0) is 43.0 Å². The first kappa shape index (κ1) is 10.5. The second-order valence-electron chi connectivity index (χ2n) is 3.94. The highest BCUT2D eigenvalue weighted by Gasteiger charge is 2.24. The first-order valence-corrected chi connectivity index (χ1v) is 5.41. The van der Waals surface area contributed by atoms with Crippen LogP contribution < -0.4 is 10.5 Å². The number of aliphatic hydroxyl groups excluding tert-OH is 1. The van der Waals surface area contributed by atoms with Gasteiger partial charge in [0, 0.05) is 6.04 Å². The van der Waals surface area contributed by atoms with Gasteiger partial charge in [0.05, 0.1) is 12.7 Å². The zero-order valence-electron chi connectivity index (χ0n) is 8.94. The van der Waals surface area contributed by atoms with Crippen LogP contribution in [0.2, 0.25) is 0 Å². The molecule has 2 rings (SSSR count). The third-order valence-electron chi connectivity index (χ3n) is 2.90. The van der Waals surface area contributed by atoms with Crippen LogP contribution in [0.1, 0.15) is 30.6 Å². The van der Waals surface area contributed by atoms with Crippen LogP contribution in [0.15, 0.2) is 18.2 Å². The topological polar surface area (TPSA) is 55.5 Å². The highest BCUT2D eigenvalue weighted by molar-refractivity contribution is 5.39. The molecule has 0 bridgehead atoms. The molecular weight excluding hydrogens is 190 g/mol. The van der Waals surface area contributed by atoms with E-state index in [1.165, 1.54) is 0 Å². The van der Waals surface area contributed by atoms with Crippen LogP contribution in [0.25, 0.3) is 0 Å². The lowest BCUT2D eigenvalue weighted by molar-refractivity contribution is 0.133. The number of rotatable bonds is 2. The monoisotopic (exact) mass is 207 g/mol. The molecule has 0 heterocycles. The Labute approximate surface area is 89.9 Å². The molecule has 0 spiro atoms. The Hall–Kier alpha value is -1.06. The van der Waals surface area contributed by atoms with E-state index in [0.717, 1.165) is 29.7 Å². The fraction of sp³-hybridized carbons (Fsp3) is 0.500. The molecule has 0 radical (unpaired) electrons. The van der Waals surface area contributed by atoms with Crippen LogP contribution >= 0.6 is 0 Å². The van der Waals surface area contributed by atoms with E-state index in [4.69, 9.17) is 10.5 Å². The van der Waals surface area contributed by atoms with Crippen molar-refractivity contribution in [2.24, 2.45) is 5.73 Å². The van der Waals surface area contributed by atoms with Crippen LogP contribution in [-0.4, -0.2) is 17.8 Å². The Bertz CT molecular complexity index is 351. The Morgan fingerprint density at radius 3 is 3.07 bits per heavy atom. The average molecular weight is 207 g/mol. The number of hydrogen-bond donors (Lipinski definition) is 2. The van der Waals surface area contributed by atoms with Crippen molar-refractivity contribution < 1.29 is 9.84 Å². The number of fused-ring (bicyclic) bond motifs is 1. The lowest BCUT2D eigenvalue weighted by Crippen LogP contribution is -2.32. The zero-order valence-corrected chi connectivity index (χ0v) is 8.94. The van der Waals surface area contributed by atoms with Crippen molar-refractivity contribution in [3.05, 3.63) is 29.3 Å². The molecule has 3 nitrogen and oxygen atoms in total. The van der Waals surface area contributed by atoms with Crippen molar-refractivity contribution >= 4 is 0 Å². The summed E-state index contributed by atoms with van der Waals surface area (Å²) in [6, 6.07) is 5.69. The molecule has 1 aliphatic carbocycles. The summed E-state index contributed by atoms with van der Waals surface area (Å²) >= 11 is 0. The maximum atomic E-state index is 9.88. The summed E-state index contributed by atoms with van der Waals surface area (Å²) < 4.78 is 5.42. The molecule has 0 saturated heterocycles. The minimum absolute atomic E-state index is 0.129. The predicted molar refractivity (Wildman–Crippen MR) is 58.9 cm³/mol. The molecule has 0 unspecified atom stereocenters. The Morgan fingerprint density at radius 1 is 1.53 bits per heavy atom. The molecule has 0 saturated carbocycles. The summed E-state index contributed by atoms with van der Waals surface area (Å²) in [5, 5.41) is 9.88. The van der Waals surface area contributed by atoms with Crippen molar-refractivity contribution in [3.63, 3.8) is 0 Å². The number of aliphatic hydroxyl groups is 1. The van der Waals surface area contributed by atoms with Crippen LogP contribution in [0.4, 0.5) is 0 Å². The number of nitrogens with two attached hydrogens (primary N) is 1. The van der Waals surface area contributed by atoms with Gasteiger partial charge < -0.3 is 15.6 Å². The van der Waals surface area contributed by atoms with E-state index in [2.05, 4.69) is 0 Å². The average Bonchev–Trinajstić information content (AvgIpc) is 2.24. The lowest BCUT2D eigenvalue weighted by atomic mass is 9.86. The van der Waals surface area contributed by atoms with Gasteiger partial charge in [-0.2, -0.15) is 0 Å². The summed E-state index contributed by atoms with van der Waals surface area (Å²) in [5.41, 5.74) is 7.93. The minimum atomic E-state index is -0.524. The summed E-state index contributed by atoms with van der Waals surface area (Å²) in [4.78, 5) is 0. The standard InChI is InChI=1S/C12H17NO2/c1-2-15-9-4-5-10-8(7-9)3-6-11(13)12(10)14/h4-5,7,11-12,14H,2-3,6,13H2,1H3/t11-,12-/m1/s1. The fourth-order valence-corrected chi connectivity index (χ4v) is 2.05. The molecule has 3 heteroatoms. The van der Waals surface area contributed by atoms with Gasteiger partial charge in [-0.1, -0.05) is 6.07 Å².